The molecular weight excluding hydrogens is 226 g/mol. The molecule has 2 aromatic carbocycles. The van der Waals surface area contributed by atoms with E-state index in [1.54, 1.807) is 24.3 Å². The van der Waals surface area contributed by atoms with Crippen LogP contribution in [0, 0.1) is 0 Å². The molecule has 0 heterocycles. The molecule has 17 heavy (non-hydrogen) atoms. The van der Waals surface area contributed by atoms with Crippen molar-refractivity contribution in [2.24, 2.45) is 0 Å². The van der Waals surface area contributed by atoms with Gasteiger partial charge >= 0.3 is 6.43 Å². The number of halogens is 2. The maximum Gasteiger partial charge on any atom is 0.300 e. The second-order valence-corrected chi connectivity index (χ2v) is 3.53. The summed E-state index contributed by atoms with van der Waals surface area (Å²) in [5.41, 5.74) is 0.0244. The number of rotatable bonds is 3. The lowest BCUT2D eigenvalue weighted by Gasteiger charge is -2.09. The Morgan fingerprint density at radius 2 is 1.76 bits per heavy atom. The number of hydrogen-bond donors (Lipinski definition) is 0. The summed E-state index contributed by atoms with van der Waals surface area (Å²) in [6.45, 7) is 0. The number of methoxy groups -OCH3 is 1. The van der Waals surface area contributed by atoms with Crippen LogP contribution in [-0.2, 0) is 0 Å². The predicted octanol–water partition coefficient (Wildman–Crippen LogP) is 3.30. The molecule has 0 atom stereocenters. The average molecular weight is 236 g/mol. The highest BCUT2D eigenvalue weighted by Crippen LogP contribution is 2.29. The molecule has 0 saturated carbocycles. The number of carbonyl (C=O) groups is 1. The van der Waals surface area contributed by atoms with Crippen molar-refractivity contribution in [2.45, 2.75) is 6.43 Å². The van der Waals surface area contributed by atoms with E-state index in [4.69, 9.17) is 4.74 Å². The van der Waals surface area contributed by atoms with Crippen LogP contribution in [0.1, 0.15) is 10.4 Å². The molecule has 2 rings (SSSR count). The monoisotopic (exact) mass is 236 g/mol. The Bertz CT molecular complexity index is 564. The third-order valence-electron chi connectivity index (χ3n) is 2.57. The molecule has 2 nitrogen and oxygen atoms in total. The van der Waals surface area contributed by atoms with E-state index in [2.05, 4.69) is 0 Å². The van der Waals surface area contributed by atoms with E-state index in [1.165, 1.54) is 19.2 Å². The quantitative estimate of drug-likeness (QED) is 0.764. The Balaban J connectivity index is 2.71. The molecule has 4 heteroatoms. The Hall–Kier alpha value is -1.97. The van der Waals surface area contributed by atoms with Crippen molar-refractivity contribution in [1.82, 2.24) is 0 Å². The highest BCUT2D eigenvalue weighted by Gasteiger charge is 2.20. The number of ketones is 1. The second kappa shape index (κ2) is 4.49. The fraction of sp³-hybridized carbons (Fsp3) is 0.154. The number of ether oxygens (including phenoxy) is 1. The molecule has 0 aromatic heterocycles. The van der Waals surface area contributed by atoms with Crippen LogP contribution >= 0.6 is 0 Å². The van der Waals surface area contributed by atoms with E-state index in [9.17, 15) is 13.6 Å². The van der Waals surface area contributed by atoms with Gasteiger partial charge in [-0.2, -0.15) is 0 Å². The Kier molecular flexibility index (Phi) is 3.04. The van der Waals surface area contributed by atoms with Gasteiger partial charge in [-0.15, -0.1) is 0 Å². The van der Waals surface area contributed by atoms with Gasteiger partial charge in [-0.3, -0.25) is 4.79 Å². The van der Waals surface area contributed by atoms with Crippen LogP contribution in [0.15, 0.2) is 36.4 Å². The summed E-state index contributed by atoms with van der Waals surface area (Å²) >= 11 is 0. The van der Waals surface area contributed by atoms with Crippen LogP contribution in [-0.4, -0.2) is 19.3 Å². The Labute approximate surface area is 96.8 Å². The highest BCUT2D eigenvalue weighted by molar-refractivity contribution is 6.10. The summed E-state index contributed by atoms with van der Waals surface area (Å²) in [4.78, 5) is 11.4. The van der Waals surface area contributed by atoms with Crippen LogP contribution in [0.25, 0.3) is 10.8 Å². The first-order valence-corrected chi connectivity index (χ1v) is 5.03. The number of alkyl halides is 2. The number of benzene rings is 2. The minimum atomic E-state index is -2.99. The van der Waals surface area contributed by atoms with Crippen LogP contribution in [0.3, 0.4) is 0 Å². The fourth-order valence-electron chi connectivity index (χ4n) is 1.78. The lowest BCUT2D eigenvalue weighted by molar-refractivity contribution is 0.0680. The normalized spacial score (nSPS) is 10.8. The number of Topliss-reactive ketones (excluding diaryl/α,β-unsaturated/α-hetero) is 1. The summed E-state index contributed by atoms with van der Waals surface area (Å²) in [7, 11) is 1.50. The van der Waals surface area contributed by atoms with Gasteiger partial charge in [0.2, 0.25) is 5.78 Å². The summed E-state index contributed by atoms with van der Waals surface area (Å²) < 4.78 is 30.0. The van der Waals surface area contributed by atoms with Gasteiger partial charge in [-0.1, -0.05) is 24.3 Å². The molecule has 88 valence electrons. The molecule has 0 aliphatic heterocycles. The van der Waals surface area contributed by atoms with E-state index in [0.717, 1.165) is 0 Å². The molecular formula is C13H10F2O2. The van der Waals surface area contributed by atoms with Crippen molar-refractivity contribution in [3.8, 4) is 5.75 Å². The van der Waals surface area contributed by atoms with Crippen LogP contribution in [0.2, 0.25) is 0 Å². The minimum absolute atomic E-state index is 0.0244. The van der Waals surface area contributed by atoms with Crippen LogP contribution < -0.4 is 4.74 Å². The second-order valence-electron chi connectivity index (χ2n) is 3.53. The van der Waals surface area contributed by atoms with Crippen molar-refractivity contribution >= 4 is 16.6 Å². The summed E-state index contributed by atoms with van der Waals surface area (Å²) in [6, 6.07) is 9.73. The van der Waals surface area contributed by atoms with Gasteiger partial charge in [0, 0.05) is 10.9 Å². The van der Waals surface area contributed by atoms with E-state index in [1.807, 2.05) is 0 Å². The standard InChI is InChI=1S/C13H10F2O2/c1-17-11-7-6-10(12(16)13(14)15)8-4-2-3-5-9(8)11/h2-7,13H,1H3. The molecule has 0 bridgehead atoms. The topological polar surface area (TPSA) is 26.3 Å². The van der Waals surface area contributed by atoms with Crippen molar-refractivity contribution in [1.29, 1.82) is 0 Å². The first-order chi connectivity index (χ1) is 8.15. The number of hydrogen-bond acceptors (Lipinski definition) is 2. The molecule has 0 radical (unpaired) electrons. The molecule has 0 aliphatic rings. The van der Waals surface area contributed by atoms with Gasteiger partial charge in [-0.25, -0.2) is 8.78 Å². The zero-order valence-electron chi connectivity index (χ0n) is 9.11. The van der Waals surface area contributed by atoms with E-state index >= 15 is 0 Å². The van der Waals surface area contributed by atoms with Crippen molar-refractivity contribution in [3.63, 3.8) is 0 Å². The smallest absolute Gasteiger partial charge is 0.300 e. The molecule has 0 saturated heterocycles. The molecule has 2 aromatic rings. The van der Waals surface area contributed by atoms with E-state index in [-0.39, 0.29) is 5.56 Å². The van der Waals surface area contributed by atoms with E-state index in [0.29, 0.717) is 16.5 Å². The van der Waals surface area contributed by atoms with Crippen molar-refractivity contribution in [3.05, 3.63) is 42.0 Å². The number of carbonyl (C=O) groups excluding carboxylic acids is 1. The molecule has 0 amide bonds. The molecule has 0 spiro atoms. The first-order valence-electron chi connectivity index (χ1n) is 5.03. The lowest BCUT2D eigenvalue weighted by Crippen LogP contribution is -2.10. The van der Waals surface area contributed by atoms with Gasteiger partial charge in [0.25, 0.3) is 0 Å². The molecule has 0 unspecified atom stereocenters. The molecule has 0 aliphatic carbocycles. The lowest BCUT2D eigenvalue weighted by atomic mass is 10.0. The Morgan fingerprint density at radius 1 is 1.12 bits per heavy atom. The van der Waals surface area contributed by atoms with Gasteiger partial charge in [-0.05, 0) is 17.5 Å². The van der Waals surface area contributed by atoms with Gasteiger partial charge in [0.05, 0.1) is 7.11 Å². The van der Waals surface area contributed by atoms with Gasteiger partial charge in [0.1, 0.15) is 5.75 Å². The fourth-order valence-corrected chi connectivity index (χ4v) is 1.78. The zero-order chi connectivity index (χ0) is 12.4. The third kappa shape index (κ3) is 1.98. The maximum atomic E-state index is 12.4. The predicted molar refractivity (Wildman–Crippen MR) is 60.8 cm³/mol. The summed E-state index contributed by atoms with van der Waals surface area (Å²) in [6.07, 6.45) is -2.99. The molecule has 0 fully saturated rings. The SMILES string of the molecule is COc1ccc(C(=O)C(F)F)c2ccccc12. The summed E-state index contributed by atoms with van der Waals surface area (Å²) in [5, 5.41) is 1.14. The maximum absolute atomic E-state index is 12.4. The summed E-state index contributed by atoms with van der Waals surface area (Å²) in [5.74, 6) is -0.602. The average Bonchev–Trinajstić information content (AvgIpc) is 2.36. The van der Waals surface area contributed by atoms with E-state index < -0.39 is 12.2 Å². The zero-order valence-corrected chi connectivity index (χ0v) is 9.11. The third-order valence-corrected chi connectivity index (χ3v) is 2.57. The Morgan fingerprint density at radius 3 is 2.35 bits per heavy atom. The van der Waals surface area contributed by atoms with Gasteiger partial charge in [0.15, 0.2) is 0 Å². The van der Waals surface area contributed by atoms with Crippen LogP contribution in [0.5, 0.6) is 5.75 Å². The largest absolute Gasteiger partial charge is 0.496 e. The molecule has 0 N–H and O–H groups in total. The minimum Gasteiger partial charge on any atom is -0.496 e. The highest BCUT2D eigenvalue weighted by atomic mass is 19.3. The first kappa shape index (κ1) is 11.5. The number of fused-ring (bicyclic) bond motifs is 1. The van der Waals surface area contributed by atoms with Crippen molar-refractivity contribution < 1.29 is 18.3 Å². The van der Waals surface area contributed by atoms with Crippen molar-refractivity contribution in [2.75, 3.05) is 7.11 Å². The van der Waals surface area contributed by atoms with Gasteiger partial charge < -0.3 is 4.74 Å². The van der Waals surface area contributed by atoms with Crippen LogP contribution in [0.4, 0.5) is 8.78 Å².